The maximum Gasteiger partial charge on any atom is 0.396 e. The average Bonchev–Trinajstić information content (AvgIpc) is 3.39. The van der Waals surface area contributed by atoms with E-state index >= 15 is 0 Å². The molecule has 8 nitrogen and oxygen atoms in total. The van der Waals surface area contributed by atoms with Crippen LogP contribution in [0.25, 0.3) is 11.0 Å². The third kappa shape index (κ3) is 3.86. The highest BCUT2D eigenvalue weighted by Gasteiger charge is 2.74. The molecular formula is C24H20ClF3N6O2. The van der Waals surface area contributed by atoms with Crippen molar-refractivity contribution >= 4 is 40.1 Å². The van der Waals surface area contributed by atoms with Gasteiger partial charge in [-0.2, -0.15) is 18.4 Å². The SMILES string of the molecule is Cc1cc([C@@H](C)Nc2ccc(Cl)nc2C(=O)O)c2nc(N3CC4CC4(C(F)(F)F)C3)c(C#N)nc2c1. The molecule has 2 fully saturated rings. The Morgan fingerprint density at radius 3 is 2.72 bits per heavy atom. The molecule has 2 aliphatic rings. The van der Waals surface area contributed by atoms with Gasteiger partial charge in [0, 0.05) is 18.7 Å². The first-order chi connectivity index (χ1) is 16.9. The molecule has 0 amide bonds. The van der Waals surface area contributed by atoms with Gasteiger partial charge < -0.3 is 15.3 Å². The maximum atomic E-state index is 13.7. The van der Waals surface area contributed by atoms with Gasteiger partial charge in [-0.1, -0.05) is 17.7 Å². The summed E-state index contributed by atoms with van der Waals surface area (Å²) < 4.78 is 41.0. The van der Waals surface area contributed by atoms with Gasteiger partial charge in [0.1, 0.15) is 11.2 Å². The van der Waals surface area contributed by atoms with E-state index in [0.29, 0.717) is 16.6 Å². The van der Waals surface area contributed by atoms with Crippen LogP contribution >= 0.6 is 11.6 Å². The van der Waals surface area contributed by atoms with E-state index in [1.165, 1.54) is 17.0 Å². The largest absolute Gasteiger partial charge is 0.476 e. The van der Waals surface area contributed by atoms with Crippen molar-refractivity contribution in [2.75, 3.05) is 23.3 Å². The molecule has 12 heteroatoms. The molecule has 0 radical (unpaired) electrons. The molecule has 1 saturated carbocycles. The molecule has 1 aromatic carbocycles. The number of piperidine rings is 1. The number of nitriles is 1. The molecule has 1 saturated heterocycles. The number of nitrogens with zero attached hydrogens (tertiary/aromatic N) is 5. The van der Waals surface area contributed by atoms with E-state index in [0.717, 1.165) is 5.56 Å². The van der Waals surface area contributed by atoms with Gasteiger partial charge in [0.15, 0.2) is 17.2 Å². The summed E-state index contributed by atoms with van der Waals surface area (Å²) in [5.41, 5.74) is 0.495. The number of pyridine rings is 1. The number of carboxylic acids is 1. The summed E-state index contributed by atoms with van der Waals surface area (Å²) in [5, 5.41) is 22.4. The van der Waals surface area contributed by atoms with Gasteiger partial charge in [-0.3, -0.25) is 0 Å². The van der Waals surface area contributed by atoms with Crippen LogP contribution in [0.5, 0.6) is 0 Å². The molecule has 3 heterocycles. The fourth-order valence-electron chi connectivity index (χ4n) is 5.06. The second-order valence-electron chi connectivity index (χ2n) is 9.37. The van der Waals surface area contributed by atoms with Crippen LogP contribution < -0.4 is 10.2 Å². The van der Waals surface area contributed by atoms with Crippen molar-refractivity contribution in [2.45, 2.75) is 32.5 Å². The standard InChI is InChI=1S/C24H20ClF3N6O2/c1-11-5-14(12(2)30-15-3-4-18(25)32-20(15)22(35)36)19-16(6-11)31-17(8-29)21(33-19)34-9-13-7-23(13,10-34)24(26,27)28/h3-6,12-13,30H,7,9-10H2,1-2H3,(H,35,36)/t12-,13?,23?/m1/s1. The first kappa shape index (κ1) is 24.1. The number of carboxylic acid groups (broad SMARTS) is 1. The summed E-state index contributed by atoms with van der Waals surface area (Å²) in [6.07, 6.45) is -4.24. The first-order valence-corrected chi connectivity index (χ1v) is 11.5. The highest BCUT2D eigenvalue weighted by molar-refractivity contribution is 6.29. The molecule has 3 atom stereocenters. The molecule has 0 bridgehead atoms. The van der Waals surface area contributed by atoms with E-state index in [-0.39, 0.29) is 47.6 Å². The van der Waals surface area contributed by atoms with Crippen molar-refractivity contribution in [2.24, 2.45) is 11.3 Å². The topological polar surface area (TPSA) is 115 Å². The Morgan fingerprint density at radius 1 is 1.33 bits per heavy atom. The Kier molecular flexibility index (Phi) is 5.48. The number of rotatable bonds is 5. The van der Waals surface area contributed by atoms with Crippen molar-refractivity contribution in [1.29, 1.82) is 5.26 Å². The fourth-order valence-corrected chi connectivity index (χ4v) is 5.21. The molecule has 3 aromatic rings. The molecule has 1 aliphatic heterocycles. The van der Waals surface area contributed by atoms with Crippen LogP contribution in [0.3, 0.4) is 0 Å². The quantitative estimate of drug-likeness (QED) is 0.449. The number of fused-ring (bicyclic) bond motifs is 2. The zero-order valence-corrected chi connectivity index (χ0v) is 19.9. The molecule has 2 unspecified atom stereocenters. The lowest BCUT2D eigenvalue weighted by atomic mass is 10.0. The van der Waals surface area contributed by atoms with E-state index in [1.807, 2.05) is 19.1 Å². The highest BCUT2D eigenvalue weighted by Crippen LogP contribution is 2.66. The summed E-state index contributed by atoms with van der Waals surface area (Å²) in [6.45, 7) is 3.52. The van der Waals surface area contributed by atoms with Gasteiger partial charge in [0.25, 0.3) is 0 Å². The number of halogens is 4. The van der Waals surface area contributed by atoms with Crippen molar-refractivity contribution in [3.05, 3.63) is 51.9 Å². The number of anilines is 2. The maximum absolute atomic E-state index is 13.7. The number of aryl methyl sites for hydroxylation is 1. The van der Waals surface area contributed by atoms with Gasteiger partial charge >= 0.3 is 12.1 Å². The van der Waals surface area contributed by atoms with E-state index in [1.54, 1.807) is 13.0 Å². The van der Waals surface area contributed by atoms with Crippen LogP contribution in [0.1, 0.15) is 46.7 Å². The molecule has 2 N–H and O–H groups in total. The van der Waals surface area contributed by atoms with Crippen molar-refractivity contribution in [3.63, 3.8) is 0 Å². The smallest absolute Gasteiger partial charge is 0.396 e. The predicted molar refractivity (Wildman–Crippen MR) is 126 cm³/mol. The van der Waals surface area contributed by atoms with Crippen LogP contribution in [-0.2, 0) is 0 Å². The van der Waals surface area contributed by atoms with E-state index in [9.17, 15) is 28.3 Å². The minimum Gasteiger partial charge on any atom is -0.476 e. The predicted octanol–water partition coefficient (Wildman–Crippen LogP) is 5.12. The number of aromatic nitrogens is 3. The third-order valence-electron chi connectivity index (χ3n) is 6.94. The molecule has 0 spiro atoms. The Labute approximate surface area is 208 Å². The normalized spacial score (nSPS) is 21.7. The highest BCUT2D eigenvalue weighted by atomic mass is 35.5. The van der Waals surface area contributed by atoms with Crippen LogP contribution in [0.15, 0.2) is 24.3 Å². The van der Waals surface area contributed by atoms with Crippen molar-refractivity contribution in [3.8, 4) is 6.07 Å². The summed E-state index contributed by atoms with van der Waals surface area (Å²) in [5.74, 6) is -1.66. The number of alkyl halides is 3. The number of nitrogens with one attached hydrogen (secondary N) is 1. The summed E-state index contributed by atoms with van der Waals surface area (Å²) >= 11 is 5.85. The molecule has 36 heavy (non-hydrogen) atoms. The molecule has 1 aliphatic carbocycles. The van der Waals surface area contributed by atoms with Gasteiger partial charge in [-0.05, 0) is 49.9 Å². The Hall–Kier alpha value is -3.65. The molecular weight excluding hydrogens is 497 g/mol. The van der Waals surface area contributed by atoms with E-state index in [2.05, 4.69) is 20.3 Å². The third-order valence-corrected chi connectivity index (χ3v) is 7.15. The second kappa shape index (κ2) is 8.20. The van der Waals surface area contributed by atoms with Gasteiger partial charge in [0.2, 0.25) is 0 Å². The van der Waals surface area contributed by atoms with Crippen LogP contribution in [0.2, 0.25) is 5.15 Å². The lowest BCUT2D eigenvalue weighted by Crippen LogP contribution is -2.34. The number of carbonyl (C=O) groups is 1. The minimum atomic E-state index is -4.32. The lowest BCUT2D eigenvalue weighted by Gasteiger charge is -2.25. The Balaban J connectivity index is 1.56. The number of benzene rings is 1. The van der Waals surface area contributed by atoms with Gasteiger partial charge in [-0.25, -0.2) is 19.7 Å². The van der Waals surface area contributed by atoms with Crippen molar-refractivity contribution in [1.82, 2.24) is 15.0 Å². The summed E-state index contributed by atoms with van der Waals surface area (Å²) in [6, 6.07) is 8.04. The minimum absolute atomic E-state index is 0.0337. The number of aromatic carboxylic acids is 1. The average molecular weight is 517 g/mol. The van der Waals surface area contributed by atoms with E-state index in [4.69, 9.17) is 11.6 Å². The number of hydrogen-bond donors (Lipinski definition) is 2. The monoisotopic (exact) mass is 516 g/mol. The van der Waals surface area contributed by atoms with Crippen LogP contribution in [0.4, 0.5) is 24.7 Å². The van der Waals surface area contributed by atoms with Crippen LogP contribution in [0, 0.1) is 29.6 Å². The summed E-state index contributed by atoms with van der Waals surface area (Å²) in [4.78, 5) is 26.1. The lowest BCUT2D eigenvalue weighted by molar-refractivity contribution is -0.184. The zero-order chi connectivity index (χ0) is 26.0. The van der Waals surface area contributed by atoms with Crippen molar-refractivity contribution < 1.29 is 23.1 Å². The van der Waals surface area contributed by atoms with Gasteiger partial charge in [-0.15, -0.1) is 0 Å². The summed E-state index contributed by atoms with van der Waals surface area (Å²) in [7, 11) is 0. The molecule has 2 aromatic heterocycles. The second-order valence-corrected chi connectivity index (χ2v) is 9.75. The van der Waals surface area contributed by atoms with Crippen LogP contribution in [-0.4, -0.2) is 45.3 Å². The Bertz CT molecular complexity index is 1460. The first-order valence-electron chi connectivity index (χ1n) is 11.1. The molecule has 5 rings (SSSR count). The molecule has 186 valence electrons. The van der Waals surface area contributed by atoms with Gasteiger partial charge in [0.05, 0.1) is 28.2 Å². The fraction of sp³-hybridized carbons (Fsp3) is 0.375. The Morgan fingerprint density at radius 2 is 2.08 bits per heavy atom. The van der Waals surface area contributed by atoms with E-state index < -0.39 is 29.5 Å². The zero-order valence-electron chi connectivity index (χ0n) is 19.2. The number of hydrogen-bond acceptors (Lipinski definition) is 7.